The van der Waals surface area contributed by atoms with Crippen molar-refractivity contribution in [1.82, 2.24) is 0 Å². The minimum absolute atomic E-state index is 0.197. The number of carbonyl (C=O) groups is 2. The molecule has 1 fully saturated rings. The van der Waals surface area contributed by atoms with Crippen LogP contribution < -0.4 is 0 Å². The Kier molecular flexibility index (Phi) is 40.9. The third-order valence-electron chi connectivity index (χ3n) is 11.3. The maximum Gasteiger partial charge on any atom is 0.155 e. The third-order valence-corrected chi connectivity index (χ3v) is 11.3. The first-order valence-electron chi connectivity index (χ1n) is 25.9. The molecule has 0 spiro atoms. The van der Waals surface area contributed by atoms with E-state index >= 15 is 0 Å². The molecule has 0 N–H and O–H groups in total. The normalized spacial score (nSPS) is 13.6. The fraction of sp³-hybridized carbons (Fsp3) is 0.524. The molecule has 2 unspecified atom stereocenters. The molecule has 0 radical (unpaired) electrons. The molecule has 0 bridgehead atoms. The van der Waals surface area contributed by atoms with Gasteiger partial charge < -0.3 is 0 Å². The number of carbonyl (C=O) groups excluding carboxylic acids is 2. The fourth-order valence-corrected chi connectivity index (χ4v) is 6.43. The summed E-state index contributed by atoms with van der Waals surface area (Å²) in [6.07, 6.45) is 33.2. The van der Waals surface area contributed by atoms with Gasteiger partial charge in [-0.1, -0.05) is 247 Å². The first-order valence-corrected chi connectivity index (χ1v) is 25.9. The molecular formula is C63H98O2. The van der Waals surface area contributed by atoms with E-state index in [4.69, 9.17) is 0 Å². The lowest BCUT2D eigenvalue weighted by atomic mass is 9.94. The Morgan fingerprint density at radius 1 is 0.723 bits per heavy atom. The summed E-state index contributed by atoms with van der Waals surface area (Å²) >= 11 is 0. The molecule has 0 aliphatic heterocycles. The van der Waals surface area contributed by atoms with Gasteiger partial charge >= 0.3 is 0 Å². The van der Waals surface area contributed by atoms with E-state index in [9.17, 15) is 9.59 Å². The average molecular weight is 887 g/mol. The van der Waals surface area contributed by atoms with Crippen LogP contribution in [-0.2, 0) is 9.59 Å². The monoisotopic (exact) mass is 887 g/mol. The van der Waals surface area contributed by atoms with Crippen LogP contribution in [0.5, 0.6) is 0 Å². The van der Waals surface area contributed by atoms with Crippen LogP contribution in [0.1, 0.15) is 226 Å². The van der Waals surface area contributed by atoms with Crippen LogP contribution >= 0.6 is 0 Å². The summed E-state index contributed by atoms with van der Waals surface area (Å²) in [5, 5.41) is 0. The summed E-state index contributed by atoms with van der Waals surface area (Å²) in [5.41, 5.74) is 9.74. The SMILES string of the molecule is C/C=C/C(=O)CC.CC.CC/C=C(/C)CC.CCC(=O)C(C)CCCC(C)CC.CCCC1=CCCC=C1.Cc1ccc(/C=C/c2ccc(C(C)C)cc2)cc1.c1ccc(C2CC2)cc1. The maximum atomic E-state index is 11.3. The molecule has 0 saturated heterocycles. The van der Waals surface area contributed by atoms with Crippen LogP contribution in [0.3, 0.4) is 0 Å². The molecule has 3 aromatic carbocycles. The molecule has 5 rings (SSSR count). The third kappa shape index (κ3) is 35.6. The van der Waals surface area contributed by atoms with Crippen molar-refractivity contribution in [2.24, 2.45) is 11.8 Å². The first-order chi connectivity index (χ1) is 31.3. The van der Waals surface area contributed by atoms with Crippen molar-refractivity contribution in [3.05, 3.63) is 154 Å². The highest BCUT2D eigenvalue weighted by Crippen LogP contribution is 2.39. The van der Waals surface area contributed by atoms with Gasteiger partial charge in [-0.25, -0.2) is 0 Å². The lowest BCUT2D eigenvalue weighted by Crippen LogP contribution is -2.09. The summed E-state index contributed by atoms with van der Waals surface area (Å²) in [6, 6.07) is 28.1. The molecule has 0 amide bonds. The van der Waals surface area contributed by atoms with E-state index in [1.54, 1.807) is 12.2 Å². The highest BCUT2D eigenvalue weighted by atomic mass is 16.1. The van der Waals surface area contributed by atoms with Gasteiger partial charge in [-0.2, -0.15) is 0 Å². The van der Waals surface area contributed by atoms with Crippen LogP contribution in [0.2, 0.25) is 0 Å². The summed E-state index contributed by atoms with van der Waals surface area (Å²) in [6.45, 7) is 31.5. The zero-order valence-electron chi connectivity index (χ0n) is 44.6. The zero-order chi connectivity index (χ0) is 49.3. The zero-order valence-corrected chi connectivity index (χ0v) is 44.6. The minimum atomic E-state index is 0.197. The predicted octanol–water partition coefficient (Wildman–Crippen LogP) is 20.1. The van der Waals surface area contributed by atoms with Gasteiger partial charge in [0, 0.05) is 18.8 Å². The van der Waals surface area contributed by atoms with Crippen LogP contribution in [0.4, 0.5) is 0 Å². The largest absolute Gasteiger partial charge is 0.299 e. The number of rotatable bonds is 17. The highest BCUT2D eigenvalue weighted by molar-refractivity contribution is 5.89. The Labute approximate surface area is 403 Å². The van der Waals surface area contributed by atoms with E-state index in [1.165, 1.54) is 110 Å². The summed E-state index contributed by atoms with van der Waals surface area (Å²) < 4.78 is 0. The Hall–Kier alpha value is -4.30. The van der Waals surface area contributed by atoms with Gasteiger partial charge in [0.1, 0.15) is 5.78 Å². The first kappa shape index (κ1) is 62.8. The van der Waals surface area contributed by atoms with Crippen molar-refractivity contribution in [3.63, 3.8) is 0 Å². The lowest BCUT2D eigenvalue weighted by Gasteiger charge is -2.11. The number of aryl methyl sites for hydroxylation is 1. The molecule has 2 aliphatic carbocycles. The summed E-state index contributed by atoms with van der Waals surface area (Å²) in [5.74, 6) is 3.23. The van der Waals surface area contributed by atoms with Gasteiger partial charge in [0.05, 0.1) is 0 Å². The molecular weight excluding hydrogens is 789 g/mol. The molecule has 2 heteroatoms. The summed E-state index contributed by atoms with van der Waals surface area (Å²) in [7, 11) is 0. The van der Waals surface area contributed by atoms with Crippen molar-refractivity contribution in [2.45, 2.75) is 206 Å². The van der Waals surface area contributed by atoms with Crippen molar-refractivity contribution in [2.75, 3.05) is 0 Å². The molecule has 0 heterocycles. The molecule has 2 atom stereocenters. The Morgan fingerprint density at radius 3 is 1.71 bits per heavy atom. The molecule has 0 aromatic heterocycles. The molecule has 3 aromatic rings. The molecule has 362 valence electrons. The summed E-state index contributed by atoms with van der Waals surface area (Å²) in [4.78, 5) is 21.6. The molecule has 65 heavy (non-hydrogen) atoms. The molecule has 1 saturated carbocycles. The fourth-order valence-electron chi connectivity index (χ4n) is 6.43. The number of allylic oxidation sites excluding steroid dienone is 8. The van der Waals surface area contributed by atoms with Gasteiger partial charge in [-0.05, 0) is 118 Å². The Bertz CT molecular complexity index is 1720. The number of ketones is 2. The van der Waals surface area contributed by atoms with E-state index in [0.29, 0.717) is 24.5 Å². The van der Waals surface area contributed by atoms with Crippen molar-refractivity contribution < 1.29 is 9.59 Å². The molecule has 2 nitrogen and oxygen atoms in total. The van der Waals surface area contributed by atoms with E-state index in [1.807, 2.05) is 34.6 Å². The van der Waals surface area contributed by atoms with Crippen molar-refractivity contribution in [3.8, 4) is 0 Å². The van der Waals surface area contributed by atoms with E-state index in [2.05, 4.69) is 185 Å². The standard InChI is InChI=1S/C18H20.C12H24O.C9H10.C9H14.C7H14.C6H10O.C2H6/c1-14(2)18-12-10-17(11-13-18)9-8-16-6-4-15(3)5-7-16;1-5-10(3)8-7-9-11(4)12(13)6-2;1-2-4-8(5-3-1)9-6-7-9;1-2-6-9-7-4-3-5-8-9;1-4-6-7(3)5-2;1-3-5-6(7)4-2;1-2/h4-14H,1-3H3;10-11H,5-9H2,1-4H3;1-5,9H,6-7H2;4,7-8H,2-3,5-6H2,1H3;6H,4-5H2,1-3H3;3,5H,4H2,1-2H3;1-2H3/b9-8+;;;;7-6-;5-3+;. The second-order valence-corrected chi connectivity index (χ2v) is 17.6. The van der Waals surface area contributed by atoms with Gasteiger partial charge in [-0.15, -0.1) is 0 Å². The maximum absolute atomic E-state index is 11.3. The van der Waals surface area contributed by atoms with Crippen LogP contribution in [0.15, 0.2) is 126 Å². The topological polar surface area (TPSA) is 34.1 Å². The highest BCUT2D eigenvalue weighted by Gasteiger charge is 2.22. The van der Waals surface area contributed by atoms with Gasteiger partial charge in [0.25, 0.3) is 0 Å². The quantitative estimate of drug-likeness (QED) is 0.0769. The average Bonchev–Trinajstić information content (AvgIpc) is 4.20. The van der Waals surface area contributed by atoms with E-state index in [-0.39, 0.29) is 11.7 Å². The van der Waals surface area contributed by atoms with E-state index in [0.717, 1.165) is 18.3 Å². The van der Waals surface area contributed by atoms with Gasteiger partial charge in [-0.3, -0.25) is 9.59 Å². The van der Waals surface area contributed by atoms with Gasteiger partial charge in [0.15, 0.2) is 5.78 Å². The Balaban J connectivity index is 0. The van der Waals surface area contributed by atoms with Crippen molar-refractivity contribution >= 4 is 23.7 Å². The van der Waals surface area contributed by atoms with Crippen LogP contribution in [0.25, 0.3) is 12.2 Å². The number of benzene rings is 3. The number of Topliss-reactive ketones (excluding diaryl/α,β-unsaturated/α-hetero) is 1. The Morgan fingerprint density at radius 2 is 1.31 bits per heavy atom. The number of hydrogen-bond donors (Lipinski definition) is 0. The minimum Gasteiger partial charge on any atom is -0.299 e. The molecule has 2 aliphatic rings. The predicted molar refractivity (Wildman–Crippen MR) is 294 cm³/mol. The lowest BCUT2D eigenvalue weighted by molar-refractivity contribution is -0.122. The van der Waals surface area contributed by atoms with Gasteiger partial charge in [0.2, 0.25) is 0 Å². The van der Waals surface area contributed by atoms with Crippen LogP contribution in [0, 0.1) is 18.8 Å². The number of hydrogen-bond acceptors (Lipinski definition) is 2. The van der Waals surface area contributed by atoms with Crippen LogP contribution in [-0.4, -0.2) is 11.6 Å². The second-order valence-electron chi connectivity index (χ2n) is 17.6. The smallest absolute Gasteiger partial charge is 0.155 e. The second kappa shape index (κ2) is 42.3. The van der Waals surface area contributed by atoms with E-state index < -0.39 is 0 Å². The van der Waals surface area contributed by atoms with Crippen molar-refractivity contribution in [1.29, 1.82) is 0 Å².